The van der Waals surface area contributed by atoms with Crippen molar-refractivity contribution >= 4 is 35.1 Å². The quantitative estimate of drug-likeness (QED) is 0.756. The van der Waals surface area contributed by atoms with Crippen molar-refractivity contribution in [2.24, 2.45) is 0 Å². The van der Waals surface area contributed by atoms with E-state index >= 15 is 0 Å². The molecule has 0 aliphatic carbocycles. The average molecular weight is 294 g/mol. The van der Waals surface area contributed by atoms with E-state index in [1.807, 2.05) is 0 Å². The number of halogens is 1. The minimum atomic E-state index is -1.26. The van der Waals surface area contributed by atoms with Gasteiger partial charge >= 0.3 is 0 Å². The highest BCUT2D eigenvalue weighted by Gasteiger charge is 2.38. The van der Waals surface area contributed by atoms with Gasteiger partial charge in [-0.1, -0.05) is 29.8 Å². The van der Waals surface area contributed by atoms with Gasteiger partial charge in [0.15, 0.2) is 0 Å². The van der Waals surface area contributed by atoms with E-state index in [1.54, 1.807) is 30.3 Å². The van der Waals surface area contributed by atoms with Crippen molar-refractivity contribution in [1.82, 2.24) is 5.32 Å². The summed E-state index contributed by atoms with van der Waals surface area (Å²) in [6.07, 6.45) is -0.291. The van der Waals surface area contributed by atoms with E-state index in [2.05, 4.69) is 5.32 Å². The first-order valence-electron chi connectivity index (χ1n) is 5.79. The van der Waals surface area contributed by atoms with Crippen LogP contribution in [0.5, 0.6) is 0 Å². The smallest absolute Gasteiger partial charge is 0.283 e. The number of hydrogen-bond acceptors (Lipinski definition) is 5. The Morgan fingerprint density at radius 3 is 2.45 bits per heavy atom. The predicted octanol–water partition coefficient (Wildman–Crippen LogP) is -0.260. The Labute approximate surface area is 119 Å². The predicted molar refractivity (Wildman–Crippen MR) is 69.4 cm³/mol. The van der Waals surface area contributed by atoms with Crippen LogP contribution in [0.3, 0.4) is 0 Å². The summed E-state index contributed by atoms with van der Waals surface area (Å²) in [5.74, 6) is -2.51. The molecule has 0 spiro atoms. The number of carbonyl (C=O) groups excluding carboxylic acids is 3. The number of imide groups is 1. The number of nitrogens with zero attached hydrogens (tertiary/aromatic N) is 1. The van der Waals surface area contributed by atoms with Gasteiger partial charge in [0.25, 0.3) is 11.8 Å². The van der Waals surface area contributed by atoms with Gasteiger partial charge in [-0.15, -0.1) is 0 Å². The number of para-hydroxylation sites is 1. The zero-order valence-electron chi connectivity index (χ0n) is 10.3. The molecule has 0 saturated heterocycles. The fourth-order valence-corrected chi connectivity index (χ4v) is 1.99. The summed E-state index contributed by atoms with van der Waals surface area (Å²) in [6, 6.07) is 8.33. The number of carboxylic acid groups (broad SMARTS) is 1. The van der Waals surface area contributed by atoms with Gasteiger partial charge in [0.05, 0.1) is 5.69 Å². The molecular weight excluding hydrogens is 284 g/mol. The molecule has 0 bridgehead atoms. The maximum atomic E-state index is 12.1. The number of aliphatic carboxylic acids is 1. The molecule has 1 aromatic rings. The molecule has 20 heavy (non-hydrogen) atoms. The van der Waals surface area contributed by atoms with Crippen LogP contribution >= 0.6 is 11.6 Å². The van der Waals surface area contributed by atoms with Gasteiger partial charge in [-0.25, -0.2) is 4.90 Å². The third kappa shape index (κ3) is 2.65. The van der Waals surface area contributed by atoms with Gasteiger partial charge < -0.3 is 15.2 Å². The van der Waals surface area contributed by atoms with Crippen molar-refractivity contribution in [2.45, 2.75) is 6.42 Å². The topological polar surface area (TPSA) is 89.5 Å². The highest BCUT2D eigenvalue weighted by atomic mass is 35.5. The number of amides is 2. The van der Waals surface area contributed by atoms with Crippen molar-refractivity contribution in [3.63, 3.8) is 0 Å². The summed E-state index contributed by atoms with van der Waals surface area (Å²) in [6.45, 7) is -0.0461. The maximum absolute atomic E-state index is 12.1. The number of rotatable bonds is 5. The van der Waals surface area contributed by atoms with Gasteiger partial charge in [-0.2, -0.15) is 0 Å². The van der Waals surface area contributed by atoms with Crippen LogP contribution in [0.4, 0.5) is 5.69 Å². The van der Waals surface area contributed by atoms with E-state index in [0.717, 1.165) is 4.90 Å². The molecule has 0 unspecified atom stereocenters. The lowest BCUT2D eigenvalue weighted by atomic mass is 10.3. The lowest BCUT2D eigenvalue weighted by molar-refractivity contribution is -0.305. The first-order chi connectivity index (χ1) is 9.52. The third-order valence-electron chi connectivity index (χ3n) is 2.67. The Morgan fingerprint density at radius 1 is 1.20 bits per heavy atom. The summed E-state index contributed by atoms with van der Waals surface area (Å²) in [4.78, 5) is 35.4. The van der Waals surface area contributed by atoms with Crippen LogP contribution in [0, 0.1) is 0 Å². The SMILES string of the molecule is O=C([O-])CCNC1=C(Cl)C(=O)N(c2ccccc2)C1=O. The van der Waals surface area contributed by atoms with E-state index in [4.69, 9.17) is 11.6 Å². The van der Waals surface area contributed by atoms with Gasteiger partial charge in [-0.3, -0.25) is 9.59 Å². The van der Waals surface area contributed by atoms with Crippen LogP contribution in [0.15, 0.2) is 41.1 Å². The fraction of sp³-hybridized carbons (Fsp3) is 0.154. The van der Waals surface area contributed by atoms with Crippen molar-refractivity contribution in [3.8, 4) is 0 Å². The minimum Gasteiger partial charge on any atom is -0.550 e. The van der Waals surface area contributed by atoms with Crippen LogP contribution < -0.4 is 15.3 Å². The molecule has 2 rings (SSSR count). The Hall–Kier alpha value is -2.34. The first-order valence-corrected chi connectivity index (χ1v) is 6.17. The number of carboxylic acids is 1. The van der Waals surface area contributed by atoms with Gasteiger partial charge in [0.2, 0.25) is 0 Å². The lowest BCUT2D eigenvalue weighted by Crippen LogP contribution is -2.34. The van der Waals surface area contributed by atoms with Gasteiger partial charge in [-0.05, 0) is 12.1 Å². The molecule has 1 heterocycles. The second-order valence-electron chi connectivity index (χ2n) is 4.02. The molecule has 104 valence electrons. The highest BCUT2D eigenvalue weighted by molar-refractivity contribution is 6.52. The lowest BCUT2D eigenvalue weighted by Gasteiger charge is -2.14. The fourth-order valence-electron chi connectivity index (χ4n) is 1.76. The molecule has 6 nitrogen and oxygen atoms in total. The van der Waals surface area contributed by atoms with Crippen molar-refractivity contribution in [3.05, 3.63) is 41.1 Å². The molecule has 1 N–H and O–H groups in total. The monoisotopic (exact) mass is 293 g/mol. The normalized spacial score (nSPS) is 14.9. The number of benzene rings is 1. The summed E-state index contributed by atoms with van der Waals surface area (Å²) >= 11 is 5.83. The number of nitrogens with one attached hydrogen (secondary N) is 1. The molecule has 0 aromatic heterocycles. The average Bonchev–Trinajstić information content (AvgIpc) is 2.63. The van der Waals surface area contributed by atoms with Crippen LogP contribution in [-0.4, -0.2) is 24.3 Å². The first kappa shape index (κ1) is 14.1. The maximum Gasteiger partial charge on any atom is 0.283 e. The van der Waals surface area contributed by atoms with Crippen LogP contribution in [0.1, 0.15) is 6.42 Å². The minimum absolute atomic E-state index is 0.0461. The zero-order chi connectivity index (χ0) is 14.7. The number of hydrogen-bond donors (Lipinski definition) is 1. The summed E-state index contributed by atoms with van der Waals surface area (Å²) in [5.41, 5.74) is 0.305. The summed E-state index contributed by atoms with van der Waals surface area (Å²) < 4.78 is 0. The molecule has 0 atom stereocenters. The molecule has 0 radical (unpaired) electrons. The van der Waals surface area contributed by atoms with Crippen molar-refractivity contribution in [1.29, 1.82) is 0 Å². The Kier molecular flexibility index (Phi) is 4.05. The van der Waals surface area contributed by atoms with Gasteiger partial charge in [0.1, 0.15) is 10.7 Å². The van der Waals surface area contributed by atoms with Crippen molar-refractivity contribution in [2.75, 3.05) is 11.4 Å². The van der Waals surface area contributed by atoms with Gasteiger partial charge in [0, 0.05) is 18.9 Å². The molecule has 0 saturated carbocycles. The summed E-state index contributed by atoms with van der Waals surface area (Å²) in [5, 5.41) is 12.6. The second-order valence-corrected chi connectivity index (χ2v) is 4.40. The summed E-state index contributed by atoms with van der Waals surface area (Å²) in [7, 11) is 0. The third-order valence-corrected chi connectivity index (χ3v) is 3.02. The van der Waals surface area contributed by atoms with Crippen LogP contribution in [-0.2, 0) is 14.4 Å². The Morgan fingerprint density at radius 2 is 1.85 bits per heavy atom. The number of carbonyl (C=O) groups is 3. The highest BCUT2D eigenvalue weighted by Crippen LogP contribution is 2.27. The Balaban J connectivity index is 2.17. The molecule has 2 amide bonds. The van der Waals surface area contributed by atoms with E-state index in [9.17, 15) is 19.5 Å². The van der Waals surface area contributed by atoms with E-state index in [1.165, 1.54) is 0 Å². The van der Waals surface area contributed by atoms with Crippen LogP contribution in [0.25, 0.3) is 0 Å². The van der Waals surface area contributed by atoms with E-state index < -0.39 is 17.8 Å². The number of anilines is 1. The van der Waals surface area contributed by atoms with Crippen LogP contribution in [0.2, 0.25) is 0 Å². The Bertz CT molecular complexity index is 598. The molecule has 7 heteroatoms. The van der Waals surface area contributed by atoms with E-state index in [0.29, 0.717) is 5.69 Å². The standard InChI is InChI=1S/C13H11ClN2O4/c14-10-11(15-7-6-9(17)18)13(20)16(12(10)19)8-4-2-1-3-5-8/h1-5,15H,6-7H2,(H,17,18)/p-1. The zero-order valence-corrected chi connectivity index (χ0v) is 11.0. The molecule has 0 fully saturated rings. The largest absolute Gasteiger partial charge is 0.550 e. The van der Waals surface area contributed by atoms with E-state index in [-0.39, 0.29) is 23.7 Å². The molecule has 1 aromatic carbocycles. The van der Waals surface area contributed by atoms with Crippen molar-refractivity contribution < 1.29 is 19.5 Å². The molecular formula is C13H10ClN2O4-. The molecule has 1 aliphatic heterocycles. The second kappa shape index (κ2) is 5.75. The molecule has 1 aliphatic rings.